The van der Waals surface area contributed by atoms with Crippen LogP contribution in [0.25, 0.3) is 11.3 Å². The number of carbonyl (C=O) groups excluding carboxylic acids is 1. The average molecular weight is 435 g/mol. The minimum atomic E-state index is -0.361. The Kier molecular flexibility index (Phi) is 8.32. The first-order chi connectivity index (χ1) is 14.1. The van der Waals surface area contributed by atoms with Crippen LogP contribution in [0, 0.1) is 6.92 Å². The normalized spacial score (nSPS) is 13.4. The lowest BCUT2D eigenvalue weighted by Gasteiger charge is -2.23. The van der Waals surface area contributed by atoms with Gasteiger partial charge in [-0.1, -0.05) is 41.4 Å². The molecule has 1 aliphatic rings. The molecule has 30 heavy (non-hydrogen) atoms. The van der Waals surface area contributed by atoms with E-state index in [4.69, 9.17) is 26.9 Å². The summed E-state index contributed by atoms with van der Waals surface area (Å²) in [7, 11) is 1.54. The van der Waals surface area contributed by atoms with Gasteiger partial charge < -0.3 is 19.8 Å². The summed E-state index contributed by atoms with van der Waals surface area (Å²) in [5.74, 6) is 6.38. The number of likely N-dealkylation sites (tertiary alicyclic amines) is 1. The van der Waals surface area contributed by atoms with Crippen LogP contribution in [-0.4, -0.2) is 41.8 Å². The number of aryl methyl sites for hydroxylation is 1. The number of methoxy groups -OCH3 is 1. The zero-order valence-electron chi connectivity index (χ0n) is 18.3. The fraction of sp³-hybridized carbons (Fsp3) is 0.455. The van der Waals surface area contributed by atoms with Gasteiger partial charge in [0.1, 0.15) is 5.60 Å². The van der Waals surface area contributed by atoms with Crippen LogP contribution in [0.15, 0.2) is 30.3 Å². The first-order valence-corrected chi connectivity index (χ1v) is 10.3. The molecular formula is C22H31ClN4O3. The van der Waals surface area contributed by atoms with E-state index in [1.54, 1.807) is 18.1 Å². The minimum absolute atomic E-state index is 0.167. The maximum atomic E-state index is 11.4. The van der Waals surface area contributed by atoms with Crippen molar-refractivity contribution in [3.63, 3.8) is 0 Å². The van der Waals surface area contributed by atoms with Crippen molar-refractivity contribution in [2.24, 2.45) is 5.84 Å². The number of halogens is 1. The van der Waals surface area contributed by atoms with Crippen LogP contribution in [0.4, 0.5) is 10.6 Å². The zero-order chi connectivity index (χ0) is 22.3. The van der Waals surface area contributed by atoms with Gasteiger partial charge in [0, 0.05) is 24.7 Å². The molecule has 1 aromatic heterocycles. The maximum absolute atomic E-state index is 11.4. The van der Waals surface area contributed by atoms with Crippen LogP contribution in [0.3, 0.4) is 0 Å². The first kappa shape index (κ1) is 23.8. The predicted molar refractivity (Wildman–Crippen MR) is 121 cm³/mol. The topological polar surface area (TPSA) is 89.7 Å². The van der Waals surface area contributed by atoms with Crippen molar-refractivity contribution in [2.45, 2.75) is 46.1 Å². The third-order valence-electron chi connectivity index (χ3n) is 4.38. The molecule has 0 aliphatic carbocycles. The molecule has 1 fully saturated rings. The number of aromatic nitrogens is 1. The summed E-state index contributed by atoms with van der Waals surface area (Å²) in [6.45, 7) is 9.41. The van der Waals surface area contributed by atoms with Crippen molar-refractivity contribution in [1.82, 2.24) is 9.88 Å². The summed E-state index contributed by atoms with van der Waals surface area (Å²) >= 11 is 6.20. The number of hydrogen-bond donors (Lipinski definition) is 2. The molecule has 0 atom stereocenters. The molecular weight excluding hydrogens is 404 g/mol. The molecule has 1 amide bonds. The van der Waals surface area contributed by atoms with E-state index in [2.05, 4.69) is 10.4 Å². The minimum Gasteiger partial charge on any atom is -0.493 e. The number of nitrogens with two attached hydrogens (primary N) is 1. The van der Waals surface area contributed by atoms with Gasteiger partial charge >= 0.3 is 6.09 Å². The molecule has 0 radical (unpaired) electrons. The van der Waals surface area contributed by atoms with Crippen molar-refractivity contribution in [2.75, 3.05) is 25.6 Å². The van der Waals surface area contributed by atoms with E-state index >= 15 is 0 Å². The lowest BCUT2D eigenvalue weighted by atomic mass is 10.1. The number of nitrogen functional groups attached to an aromatic ring is 1. The SMILES string of the molecule is CC(C)(C)OC(=O)N1CCCC1.COc1cc(Cl)c(-c2ccc(C)cc2)nc1NN. The molecule has 0 unspecified atom stereocenters. The number of nitrogens with zero attached hydrogens (tertiary/aromatic N) is 2. The summed E-state index contributed by atoms with van der Waals surface area (Å²) in [6.07, 6.45) is 2.05. The van der Waals surface area contributed by atoms with E-state index < -0.39 is 0 Å². The molecule has 3 rings (SSSR count). The number of nitrogens with one attached hydrogen (secondary N) is 1. The number of ether oxygens (including phenoxy) is 2. The Morgan fingerprint density at radius 1 is 1.20 bits per heavy atom. The highest BCUT2D eigenvalue weighted by Gasteiger charge is 2.23. The highest BCUT2D eigenvalue weighted by Crippen LogP contribution is 2.33. The zero-order valence-corrected chi connectivity index (χ0v) is 19.0. The molecule has 1 saturated heterocycles. The highest BCUT2D eigenvalue weighted by molar-refractivity contribution is 6.33. The third kappa shape index (κ3) is 6.78. The van der Waals surface area contributed by atoms with Gasteiger partial charge in [-0.15, -0.1) is 0 Å². The Morgan fingerprint density at radius 3 is 2.30 bits per heavy atom. The summed E-state index contributed by atoms with van der Waals surface area (Å²) in [5, 5.41) is 0.523. The number of benzene rings is 1. The smallest absolute Gasteiger partial charge is 0.410 e. The van der Waals surface area contributed by atoms with Crippen molar-refractivity contribution >= 4 is 23.5 Å². The lowest BCUT2D eigenvalue weighted by molar-refractivity contribution is 0.0295. The fourth-order valence-corrected chi connectivity index (χ4v) is 3.12. The second kappa shape index (κ2) is 10.5. The largest absolute Gasteiger partial charge is 0.493 e. The molecule has 2 heterocycles. The fourth-order valence-electron chi connectivity index (χ4n) is 2.87. The van der Waals surface area contributed by atoms with E-state index in [1.165, 1.54) is 5.56 Å². The summed E-state index contributed by atoms with van der Waals surface area (Å²) in [5.41, 5.74) is 4.93. The van der Waals surface area contributed by atoms with Crippen molar-refractivity contribution in [3.8, 4) is 17.0 Å². The molecule has 0 spiro atoms. The van der Waals surface area contributed by atoms with Gasteiger partial charge in [0.2, 0.25) is 0 Å². The van der Waals surface area contributed by atoms with Crippen molar-refractivity contribution in [1.29, 1.82) is 0 Å². The summed E-state index contributed by atoms with van der Waals surface area (Å²) in [6, 6.07) is 9.64. The van der Waals surface area contributed by atoms with Gasteiger partial charge in [-0.25, -0.2) is 15.6 Å². The molecule has 1 aromatic carbocycles. The Morgan fingerprint density at radius 2 is 1.80 bits per heavy atom. The van der Waals surface area contributed by atoms with Crippen molar-refractivity contribution in [3.05, 3.63) is 40.9 Å². The van der Waals surface area contributed by atoms with E-state index in [-0.39, 0.29) is 11.7 Å². The molecule has 3 N–H and O–H groups in total. The molecule has 0 bridgehead atoms. The second-order valence-corrected chi connectivity index (χ2v) is 8.46. The van der Waals surface area contributed by atoms with Crippen LogP contribution in [0.5, 0.6) is 5.75 Å². The highest BCUT2D eigenvalue weighted by atomic mass is 35.5. The molecule has 164 valence electrons. The lowest BCUT2D eigenvalue weighted by Crippen LogP contribution is -2.34. The molecule has 8 heteroatoms. The summed E-state index contributed by atoms with van der Waals surface area (Å²) < 4.78 is 10.3. The number of rotatable bonds is 3. The molecule has 0 saturated carbocycles. The second-order valence-electron chi connectivity index (χ2n) is 8.05. The van der Waals surface area contributed by atoms with Gasteiger partial charge in [-0.05, 0) is 40.5 Å². The monoisotopic (exact) mass is 434 g/mol. The van der Waals surface area contributed by atoms with E-state index in [0.717, 1.165) is 31.5 Å². The van der Waals surface area contributed by atoms with Gasteiger partial charge in [0.05, 0.1) is 17.8 Å². The Balaban J connectivity index is 0.000000232. The van der Waals surface area contributed by atoms with Gasteiger partial charge in [-0.3, -0.25) is 0 Å². The van der Waals surface area contributed by atoms with Crippen LogP contribution in [0.1, 0.15) is 39.2 Å². The quantitative estimate of drug-likeness (QED) is 0.520. The predicted octanol–water partition coefficient (Wildman–Crippen LogP) is 5.02. The van der Waals surface area contributed by atoms with Crippen molar-refractivity contribution < 1.29 is 14.3 Å². The number of hydrazine groups is 1. The standard InChI is InChI=1S/C13H14ClN3O.C9H17NO2/c1-8-3-5-9(6-4-8)12-10(14)7-11(18-2)13(16-12)17-15;1-9(2,3)12-8(11)10-6-4-5-7-10/h3-7H,15H2,1-2H3,(H,16,17);4-7H2,1-3H3. The van der Waals surface area contributed by atoms with Crippen LogP contribution in [-0.2, 0) is 4.74 Å². The van der Waals surface area contributed by atoms with Crippen LogP contribution >= 0.6 is 11.6 Å². The third-order valence-corrected chi connectivity index (χ3v) is 4.67. The van der Waals surface area contributed by atoms with E-state index in [1.807, 2.05) is 52.0 Å². The number of pyridine rings is 1. The average Bonchev–Trinajstić information content (AvgIpc) is 3.23. The Labute approximate surface area is 183 Å². The van der Waals surface area contributed by atoms with Crippen LogP contribution in [0.2, 0.25) is 5.02 Å². The van der Waals surface area contributed by atoms with Gasteiger partial charge in [-0.2, -0.15) is 0 Å². The van der Waals surface area contributed by atoms with Crippen LogP contribution < -0.4 is 16.0 Å². The number of anilines is 1. The first-order valence-electron chi connectivity index (χ1n) is 9.90. The number of carbonyl (C=O) groups is 1. The number of amides is 1. The number of hydrogen-bond acceptors (Lipinski definition) is 6. The molecule has 2 aromatic rings. The van der Waals surface area contributed by atoms with E-state index in [9.17, 15) is 4.79 Å². The Hall–Kier alpha value is -2.51. The van der Waals surface area contributed by atoms with E-state index in [0.29, 0.717) is 22.3 Å². The Bertz CT molecular complexity index is 845. The maximum Gasteiger partial charge on any atom is 0.410 e. The van der Waals surface area contributed by atoms with Gasteiger partial charge in [0.15, 0.2) is 11.6 Å². The summed E-state index contributed by atoms with van der Waals surface area (Å²) in [4.78, 5) is 17.5. The van der Waals surface area contributed by atoms with Gasteiger partial charge in [0.25, 0.3) is 0 Å². The molecule has 1 aliphatic heterocycles. The molecule has 7 nitrogen and oxygen atoms in total.